The Morgan fingerprint density at radius 3 is 2.05 bits per heavy atom. The molecule has 5 aromatic carbocycles. The van der Waals surface area contributed by atoms with Gasteiger partial charge in [-0.05, 0) is 76.1 Å². The summed E-state index contributed by atoms with van der Waals surface area (Å²) in [5.74, 6) is 1.98. The molecule has 1 N–H and O–H groups in total. The lowest BCUT2D eigenvalue weighted by Crippen LogP contribution is -2.20. The van der Waals surface area contributed by atoms with Crippen molar-refractivity contribution < 1.29 is 14.3 Å². The lowest BCUT2D eigenvalue weighted by Gasteiger charge is -2.11. The molecule has 0 fully saturated rings. The molecule has 42 heavy (non-hydrogen) atoms. The standard InChI is InChI=1S/C33H27N5O3S/c1-40-26-15-11-22(12-16-26)32-36-37-33(38(32)25-13-17-27(41-2)18-14-25)42-21-31(39)35-34-20-30-28-9-5-3-7-23(28)19-24-8-4-6-10-29(24)30/h3-20H,21H2,1-2H3,(H,35,39)/b34-20-. The highest BCUT2D eigenvalue weighted by atomic mass is 32.2. The molecular formula is C33H27N5O3S. The van der Waals surface area contributed by atoms with Gasteiger partial charge >= 0.3 is 0 Å². The van der Waals surface area contributed by atoms with Gasteiger partial charge in [-0.25, -0.2) is 5.43 Å². The van der Waals surface area contributed by atoms with Crippen molar-refractivity contribution in [1.29, 1.82) is 0 Å². The molecule has 0 spiro atoms. The number of hydrazone groups is 1. The zero-order valence-corrected chi connectivity index (χ0v) is 23.8. The molecule has 0 aliphatic carbocycles. The number of hydrogen-bond donors (Lipinski definition) is 1. The third-order valence-corrected chi connectivity index (χ3v) is 7.77. The van der Waals surface area contributed by atoms with Crippen LogP contribution in [0.5, 0.6) is 11.5 Å². The SMILES string of the molecule is COc1ccc(-c2nnc(SCC(=O)N/N=C\c3c4ccccc4cc4ccccc34)n2-c2ccc(OC)cc2)cc1. The molecule has 6 rings (SSSR count). The Morgan fingerprint density at radius 1 is 0.833 bits per heavy atom. The van der Waals surface area contributed by atoms with E-state index in [0.29, 0.717) is 11.0 Å². The van der Waals surface area contributed by atoms with Crippen LogP contribution in [0.25, 0.3) is 38.6 Å². The summed E-state index contributed by atoms with van der Waals surface area (Å²) in [5.41, 5.74) is 5.34. The molecule has 0 radical (unpaired) electrons. The van der Waals surface area contributed by atoms with Crippen LogP contribution < -0.4 is 14.9 Å². The highest BCUT2D eigenvalue weighted by Gasteiger charge is 2.18. The third-order valence-electron chi connectivity index (χ3n) is 6.84. The van der Waals surface area contributed by atoms with Crippen molar-refractivity contribution in [3.05, 3.63) is 109 Å². The van der Waals surface area contributed by atoms with Gasteiger partial charge in [0.05, 0.1) is 26.2 Å². The van der Waals surface area contributed by atoms with Crippen molar-refractivity contribution in [2.75, 3.05) is 20.0 Å². The van der Waals surface area contributed by atoms with Crippen molar-refractivity contribution in [2.45, 2.75) is 5.16 Å². The molecule has 0 aliphatic heterocycles. The van der Waals surface area contributed by atoms with Crippen LogP contribution in [0.4, 0.5) is 0 Å². The maximum atomic E-state index is 12.9. The molecular weight excluding hydrogens is 546 g/mol. The van der Waals surface area contributed by atoms with Crippen LogP contribution in [0.3, 0.4) is 0 Å². The molecule has 1 amide bonds. The molecule has 0 bridgehead atoms. The number of carbonyl (C=O) groups excluding carboxylic acids is 1. The topological polar surface area (TPSA) is 90.6 Å². The first-order chi connectivity index (χ1) is 20.6. The Labute approximate surface area is 247 Å². The average molecular weight is 574 g/mol. The number of nitrogens with one attached hydrogen (secondary N) is 1. The predicted octanol–water partition coefficient (Wildman–Crippen LogP) is 6.50. The summed E-state index contributed by atoms with van der Waals surface area (Å²) in [5, 5.41) is 18.1. The number of thioether (sulfide) groups is 1. The fourth-order valence-corrected chi connectivity index (χ4v) is 5.52. The first kappa shape index (κ1) is 27.0. The van der Waals surface area contributed by atoms with Crippen LogP contribution in [-0.2, 0) is 4.79 Å². The molecule has 0 saturated carbocycles. The number of amides is 1. The van der Waals surface area contributed by atoms with Crippen molar-refractivity contribution >= 4 is 45.4 Å². The number of aromatic nitrogens is 3. The van der Waals surface area contributed by atoms with Gasteiger partial charge in [0.1, 0.15) is 11.5 Å². The van der Waals surface area contributed by atoms with Gasteiger partial charge in [0.2, 0.25) is 0 Å². The fourth-order valence-electron chi connectivity index (χ4n) is 4.77. The lowest BCUT2D eigenvalue weighted by atomic mass is 9.97. The second-order valence-corrected chi connectivity index (χ2v) is 10.3. The highest BCUT2D eigenvalue weighted by Crippen LogP contribution is 2.30. The van der Waals surface area contributed by atoms with Crippen LogP contribution in [-0.4, -0.2) is 46.9 Å². The van der Waals surface area contributed by atoms with Crippen LogP contribution in [0.2, 0.25) is 0 Å². The number of methoxy groups -OCH3 is 2. The Kier molecular flexibility index (Phi) is 7.83. The predicted molar refractivity (Wildman–Crippen MR) is 168 cm³/mol. The van der Waals surface area contributed by atoms with Gasteiger partial charge < -0.3 is 9.47 Å². The van der Waals surface area contributed by atoms with Crippen molar-refractivity contribution in [3.8, 4) is 28.6 Å². The first-order valence-corrected chi connectivity index (χ1v) is 14.2. The molecule has 1 heterocycles. The molecule has 8 nitrogen and oxygen atoms in total. The van der Waals surface area contributed by atoms with E-state index in [1.807, 2.05) is 77.4 Å². The van der Waals surface area contributed by atoms with Crippen LogP contribution in [0, 0.1) is 0 Å². The van der Waals surface area contributed by atoms with E-state index in [-0.39, 0.29) is 11.7 Å². The van der Waals surface area contributed by atoms with E-state index in [2.05, 4.69) is 51.1 Å². The Morgan fingerprint density at radius 2 is 1.43 bits per heavy atom. The number of carbonyl (C=O) groups is 1. The van der Waals surface area contributed by atoms with E-state index in [1.165, 1.54) is 11.8 Å². The smallest absolute Gasteiger partial charge is 0.250 e. The summed E-state index contributed by atoms with van der Waals surface area (Å²) in [6.07, 6.45) is 1.72. The number of rotatable bonds is 9. The second-order valence-electron chi connectivity index (χ2n) is 9.38. The summed E-state index contributed by atoms with van der Waals surface area (Å²) in [6, 6.07) is 33.7. The van der Waals surface area contributed by atoms with Crippen molar-refractivity contribution in [2.24, 2.45) is 5.10 Å². The van der Waals surface area contributed by atoms with E-state index in [0.717, 1.165) is 49.9 Å². The molecule has 208 valence electrons. The summed E-state index contributed by atoms with van der Waals surface area (Å²) in [6.45, 7) is 0. The van der Waals surface area contributed by atoms with E-state index < -0.39 is 0 Å². The minimum absolute atomic E-state index is 0.102. The molecule has 9 heteroatoms. The Bertz CT molecular complexity index is 1850. The molecule has 0 unspecified atom stereocenters. The normalized spacial score (nSPS) is 11.3. The number of fused-ring (bicyclic) bond motifs is 2. The molecule has 6 aromatic rings. The van der Waals surface area contributed by atoms with Gasteiger partial charge in [0, 0.05) is 16.8 Å². The fraction of sp³-hybridized carbons (Fsp3) is 0.0909. The zero-order valence-electron chi connectivity index (χ0n) is 23.0. The van der Waals surface area contributed by atoms with Crippen LogP contribution >= 0.6 is 11.8 Å². The van der Waals surface area contributed by atoms with E-state index >= 15 is 0 Å². The monoisotopic (exact) mass is 573 g/mol. The first-order valence-electron chi connectivity index (χ1n) is 13.2. The number of benzene rings is 5. The quantitative estimate of drug-likeness (QED) is 0.0919. The number of hydrogen-bond acceptors (Lipinski definition) is 7. The lowest BCUT2D eigenvalue weighted by molar-refractivity contribution is -0.118. The molecule has 0 atom stereocenters. The maximum Gasteiger partial charge on any atom is 0.250 e. The van der Waals surface area contributed by atoms with Gasteiger partial charge in [0.25, 0.3) is 5.91 Å². The Balaban J connectivity index is 1.23. The summed E-state index contributed by atoms with van der Waals surface area (Å²) in [4.78, 5) is 12.9. The molecule has 0 aliphatic rings. The second kappa shape index (κ2) is 12.2. The third kappa shape index (κ3) is 5.55. The summed E-state index contributed by atoms with van der Waals surface area (Å²) >= 11 is 1.28. The zero-order chi connectivity index (χ0) is 28.9. The Hall–Kier alpha value is -5.15. The van der Waals surface area contributed by atoms with E-state index in [4.69, 9.17) is 9.47 Å². The van der Waals surface area contributed by atoms with Gasteiger partial charge in [-0.3, -0.25) is 9.36 Å². The molecule has 0 saturated heterocycles. The highest BCUT2D eigenvalue weighted by molar-refractivity contribution is 7.99. The van der Waals surface area contributed by atoms with Crippen LogP contribution in [0.1, 0.15) is 5.56 Å². The van der Waals surface area contributed by atoms with Crippen molar-refractivity contribution in [1.82, 2.24) is 20.2 Å². The van der Waals surface area contributed by atoms with Gasteiger partial charge in [-0.1, -0.05) is 60.3 Å². The minimum atomic E-state index is -0.254. The van der Waals surface area contributed by atoms with E-state index in [9.17, 15) is 4.79 Å². The van der Waals surface area contributed by atoms with Gasteiger partial charge in [-0.15, -0.1) is 10.2 Å². The molecule has 1 aromatic heterocycles. The summed E-state index contributed by atoms with van der Waals surface area (Å²) in [7, 11) is 3.25. The average Bonchev–Trinajstić information content (AvgIpc) is 3.47. The van der Waals surface area contributed by atoms with Gasteiger partial charge in [0.15, 0.2) is 11.0 Å². The maximum absolute atomic E-state index is 12.9. The van der Waals surface area contributed by atoms with Crippen molar-refractivity contribution in [3.63, 3.8) is 0 Å². The number of nitrogens with zero attached hydrogens (tertiary/aromatic N) is 4. The van der Waals surface area contributed by atoms with E-state index in [1.54, 1.807) is 20.4 Å². The minimum Gasteiger partial charge on any atom is -0.497 e. The largest absolute Gasteiger partial charge is 0.497 e. The summed E-state index contributed by atoms with van der Waals surface area (Å²) < 4.78 is 12.5. The number of ether oxygens (including phenoxy) is 2. The van der Waals surface area contributed by atoms with Gasteiger partial charge in [-0.2, -0.15) is 5.10 Å². The van der Waals surface area contributed by atoms with Crippen LogP contribution in [0.15, 0.2) is 113 Å².